The maximum Gasteiger partial charge on any atom is 0.138 e. The van der Waals surface area contributed by atoms with Gasteiger partial charge in [-0.3, -0.25) is 0 Å². The highest BCUT2D eigenvalue weighted by Crippen LogP contribution is 2.33. The minimum absolute atomic E-state index is 0.490. The molecule has 1 N–H and O–H groups in total. The van der Waals surface area contributed by atoms with E-state index >= 15 is 0 Å². The Morgan fingerprint density at radius 1 is 1.16 bits per heavy atom. The first-order valence-corrected chi connectivity index (χ1v) is 7.22. The van der Waals surface area contributed by atoms with Gasteiger partial charge in [0, 0.05) is 10.9 Å². The Labute approximate surface area is 116 Å². The Morgan fingerprint density at radius 2 is 1.89 bits per heavy atom. The van der Waals surface area contributed by atoms with E-state index in [4.69, 9.17) is 4.42 Å². The van der Waals surface area contributed by atoms with Crippen molar-refractivity contribution in [2.45, 2.75) is 46.6 Å². The van der Waals surface area contributed by atoms with Gasteiger partial charge in [-0.15, -0.1) is 0 Å². The highest BCUT2D eigenvalue weighted by molar-refractivity contribution is 5.85. The molecule has 1 aromatic carbocycles. The lowest BCUT2D eigenvalue weighted by atomic mass is 9.96. The number of hydrogen-bond donors (Lipinski definition) is 1. The summed E-state index contributed by atoms with van der Waals surface area (Å²) < 4.78 is 6.17. The highest BCUT2D eigenvalue weighted by Gasteiger charge is 2.17. The van der Waals surface area contributed by atoms with Crippen LogP contribution in [0.1, 0.15) is 50.5 Å². The molecule has 0 bridgehead atoms. The summed E-state index contributed by atoms with van der Waals surface area (Å²) in [5.41, 5.74) is 3.77. The quantitative estimate of drug-likeness (QED) is 0.856. The molecule has 1 aromatic heterocycles. The van der Waals surface area contributed by atoms with Gasteiger partial charge in [0.05, 0.1) is 6.54 Å². The van der Waals surface area contributed by atoms with E-state index in [9.17, 15) is 0 Å². The SMILES string of the molecule is CNCc1oc2c(C(C)C)cccc2c1CC(C)C. The molecule has 0 unspecified atom stereocenters. The standard InChI is InChI=1S/C17H25NO/c1-11(2)9-15-14-8-6-7-13(12(3)4)17(14)19-16(15)10-18-5/h6-8,11-12,18H,9-10H2,1-5H3. The summed E-state index contributed by atoms with van der Waals surface area (Å²) in [6.07, 6.45) is 1.07. The lowest BCUT2D eigenvalue weighted by Crippen LogP contribution is -2.07. The van der Waals surface area contributed by atoms with Gasteiger partial charge < -0.3 is 9.73 Å². The molecule has 0 saturated heterocycles. The van der Waals surface area contributed by atoms with Crippen molar-refractivity contribution in [3.8, 4) is 0 Å². The summed E-state index contributed by atoms with van der Waals surface area (Å²) in [4.78, 5) is 0. The second-order valence-corrected chi connectivity index (χ2v) is 6.01. The van der Waals surface area contributed by atoms with E-state index in [2.05, 4.69) is 51.2 Å². The van der Waals surface area contributed by atoms with E-state index in [-0.39, 0.29) is 0 Å². The van der Waals surface area contributed by atoms with E-state index in [1.807, 2.05) is 7.05 Å². The largest absolute Gasteiger partial charge is 0.459 e. The number of nitrogens with one attached hydrogen (secondary N) is 1. The number of hydrogen-bond acceptors (Lipinski definition) is 2. The molecule has 0 radical (unpaired) electrons. The van der Waals surface area contributed by atoms with Crippen molar-refractivity contribution in [3.63, 3.8) is 0 Å². The molecule has 0 fully saturated rings. The first-order valence-electron chi connectivity index (χ1n) is 7.22. The summed E-state index contributed by atoms with van der Waals surface area (Å²) in [7, 11) is 1.97. The van der Waals surface area contributed by atoms with Crippen LogP contribution in [0.25, 0.3) is 11.0 Å². The van der Waals surface area contributed by atoms with Gasteiger partial charge in [0.15, 0.2) is 0 Å². The molecule has 2 aromatic rings. The molecule has 19 heavy (non-hydrogen) atoms. The summed E-state index contributed by atoms with van der Waals surface area (Å²) >= 11 is 0. The number of benzene rings is 1. The monoisotopic (exact) mass is 259 g/mol. The Hall–Kier alpha value is -1.28. The third-order valence-corrected chi connectivity index (χ3v) is 3.50. The van der Waals surface area contributed by atoms with E-state index in [0.717, 1.165) is 24.3 Å². The fourth-order valence-electron chi connectivity index (χ4n) is 2.63. The van der Waals surface area contributed by atoms with Gasteiger partial charge in [-0.2, -0.15) is 0 Å². The van der Waals surface area contributed by atoms with Gasteiger partial charge in [-0.25, -0.2) is 0 Å². The summed E-state index contributed by atoms with van der Waals surface area (Å²) in [5, 5.41) is 4.51. The number of furan rings is 1. The molecule has 2 rings (SSSR count). The van der Waals surface area contributed by atoms with Gasteiger partial charge in [0.25, 0.3) is 0 Å². The molecule has 1 heterocycles. The first-order chi connectivity index (χ1) is 9.04. The summed E-state index contributed by atoms with van der Waals surface area (Å²) in [5.74, 6) is 2.22. The first kappa shape index (κ1) is 14.1. The molecule has 2 heteroatoms. The van der Waals surface area contributed by atoms with Crippen molar-refractivity contribution in [1.29, 1.82) is 0 Å². The predicted octanol–water partition coefficient (Wildman–Crippen LogP) is 4.47. The molecule has 0 atom stereocenters. The van der Waals surface area contributed by atoms with Crippen LogP contribution in [0.5, 0.6) is 0 Å². The minimum atomic E-state index is 0.490. The zero-order valence-electron chi connectivity index (χ0n) is 12.7. The van der Waals surface area contributed by atoms with Gasteiger partial charge in [0.1, 0.15) is 11.3 Å². The predicted molar refractivity (Wildman–Crippen MR) is 81.6 cm³/mol. The summed E-state index contributed by atoms with van der Waals surface area (Å²) in [6.45, 7) is 9.76. The third-order valence-electron chi connectivity index (χ3n) is 3.50. The molecule has 0 spiro atoms. The molecule has 0 saturated carbocycles. The molecule has 0 amide bonds. The van der Waals surface area contributed by atoms with Crippen molar-refractivity contribution in [3.05, 3.63) is 35.1 Å². The van der Waals surface area contributed by atoms with E-state index in [1.165, 1.54) is 16.5 Å². The van der Waals surface area contributed by atoms with Crippen molar-refractivity contribution < 1.29 is 4.42 Å². The van der Waals surface area contributed by atoms with Gasteiger partial charge in [-0.05, 0) is 30.9 Å². The van der Waals surface area contributed by atoms with Crippen molar-refractivity contribution in [1.82, 2.24) is 5.32 Å². The van der Waals surface area contributed by atoms with Crippen LogP contribution in [0, 0.1) is 5.92 Å². The maximum absolute atomic E-state index is 6.17. The molecule has 104 valence electrons. The molecule has 0 aliphatic carbocycles. The van der Waals surface area contributed by atoms with Gasteiger partial charge in [-0.1, -0.05) is 45.9 Å². The van der Waals surface area contributed by atoms with Crippen LogP contribution < -0.4 is 5.32 Å². The molecular weight excluding hydrogens is 234 g/mol. The second kappa shape index (κ2) is 5.79. The third kappa shape index (κ3) is 2.84. The van der Waals surface area contributed by atoms with Crippen LogP contribution in [0.3, 0.4) is 0 Å². The van der Waals surface area contributed by atoms with Gasteiger partial charge in [0.2, 0.25) is 0 Å². The number of rotatable bonds is 5. The van der Waals surface area contributed by atoms with E-state index in [0.29, 0.717) is 11.8 Å². The average Bonchev–Trinajstić information content (AvgIpc) is 2.67. The number of fused-ring (bicyclic) bond motifs is 1. The van der Waals surface area contributed by atoms with E-state index < -0.39 is 0 Å². The zero-order chi connectivity index (χ0) is 14.0. The highest BCUT2D eigenvalue weighted by atomic mass is 16.3. The van der Waals surface area contributed by atoms with Crippen LogP contribution in [-0.4, -0.2) is 7.05 Å². The van der Waals surface area contributed by atoms with Crippen LogP contribution in [0.2, 0.25) is 0 Å². The lowest BCUT2D eigenvalue weighted by Gasteiger charge is -2.06. The second-order valence-electron chi connectivity index (χ2n) is 6.01. The molecule has 0 aliphatic heterocycles. The number of para-hydroxylation sites is 1. The zero-order valence-corrected chi connectivity index (χ0v) is 12.7. The Bertz CT molecular complexity index is 552. The lowest BCUT2D eigenvalue weighted by molar-refractivity contribution is 0.512. The van der Waals surface area contributed by atoms with Crippen molar-refractivity contribution in [2.75, 3.05) is 7.05 Å². The smallest absolute Gasteiger partial charge is 0.138 e. The molecule has 2 nitrogen and oxygen atoms in total. The minimum Gasteiger partial charge on any atom is -0.459 e. The fourth-order valence-corrected chi connectivity index (χ4v) is 2.63. The topological polar surface area (TPSA) is 25.2 Å². The van der Waals surface area contributed by atoms with Gasteiger partial charge >= 0.3 is 0 Å². The van der Waals surface area contributed by atoms with Crippen LogP contribution in [0.15, 0.2) is 22.6 Å². The Kier molecular flexibility index (Phi) is 4.31. The van der Waals surface area contributed by atoms with E-state index in [1.54, 1.807) is 0 Å². The molecular formula is C17H25NO. The fraction of sp³-hybridized carbons (Fsp3) is 0.529. The van der Waals surface area contributed by atoms with Crippen molar-refractivity contribution in [2.24, 2.45) is 5.92 Å². The van der Waals surface area contributed by atoms with Crippen LogP contribution >= 0.6 is 0 Å². The molecule has 0 aliphatic rings. The maximum atomic E-state index is 6.17. The van der Waals surface area contributed by atoms with Crippen molar-refractivity contribution >= 4 is 11.0 Å². The summed E-state index contributed by atoms with van der Waals surface area (Å²) in [6, 6.07) is 6.53. The Balaban J connectivity index is 2.62. The van der Waals surface area contributed by atoms with Crippen LogP contribution in [-0.2, 0) is 13.0 Å². The Morgan fingerprint density at radius 3 is 2.47 bits per heavy atom. The average molecular weight is 259 g/mol. The normalized spacial score (nSPS) is 11.9. The van der Waals surface area contributed by atoms with Crippen LogP contribution in [0.4, 0.5) is 0 Å².